The number of halogens is 1. The molecule has 4 rings (SSSR count). The smallest absolute Gasteiger partial charge is 0.264 e. The van der Waals surface area contributed by atoms with Gasteiger partial charge in [0, 0.05) is 16.1 Å². The van der Waals surface area contributed by atoms with E-state index < -0.39 is 22.5 Å². The number of hydrazone groups is 1. The molecule has 0 unspecified atom stereocenters. The van der Waals surface area contributed by atoms with Gasteiger partial charge in [0.25, 0.3) is 15.9 Å². The largest absolute Gasteiger partial charge is 0.493 e. The van der Waals surface area contributed by atoms with E-state index in [1.54, 1.807) is 36.4 Å². The number of carbonyl (C=O) groups excluding carboxylic acids is 1. The number of nitrogens with zero attached hydrogens (tertiary/aromatic N) is 2. The number of anilines is 1. The summed E-state index contributed by atoms with van der Waals surface area (Å²) in [5.41, 5.74) is 4.28. The van der Waals surface area contributed by atoms with Crippen molar-refractivity contribution < 1.29 is 32.2 Å². The Labute approximate surface area is 223 Å². The highest BCUT2D eigenvalue weighted by Gasteiger charge is 2.28. The highest BCUT2D eigenvalue weighted by Crippen LogP contribution is 2.36. The molecule has 3 aromatic carbocycles. The van der Waals surface area contributed by atoms with E-state index in [2.05, 4.69) is 26.5 Å². The zero-order chi connectivity index (χ0) is 26.6. The first-order valence-electron chi connectivity index (χ1n) is 11.0. The van der Waals surface area contributed by atoms with Crippen LogP contribution in [0, 0.1) is 6.92 Å². The van der Waals surface area contributed by atoms with Crippen LogP contribution in [0.25, 0.3) is 0 Å². The van der Waals surface area contributed by atoms with Crippen molar-refractivity contribution >= 4 is 43.8 Å². The van der Waals surface area contributed by atoms with Crippen LogP contribution in [0.4, 0.5) is 5.69 Å². The molecular formula is C25H24BrN3O7S. The monoisotopic (exact) mass is 589 g/mol. The molecule has 0 saturated heterocycles. The first-order valence-corrected chi connectivity index (χ1v) is 13.2. The molecule has 12 heteroatoms. The van der Waals surface area contributed by atoms with E-state index in [-0.39, 0.29) is 17.4 Å². The molecule has 0 fully saturated rings. The standard InChI is InChI=1S/C25H24BrN3O7S/c1-16-4-6-18(7-5-16)29(37(31,32)19-8-9-21(33-2)22(11-19)34-3)14-25(30)28-27-13-17-10-23-24(12-20(17)26)36-15-35-23/h4-13H,14-15H2,1-3H3,(H,28,30)/b27-13-. The van der Waals surface area contributed by atoms with Gasteiger partial charge in [-0.1, -0.05) is 17.7 Å². The lowest BCUT2D eigenvalue weighted by molar-refractivity contribution is -0.119. The van der Waals surface area contributed by atoms with Crippen LogP contribution in [0.15, 0.2) is 69.1 Å². The van der Waals surface area contributed by atoms with E-state index in [9.17, 15) is 13.2 Å². The Morgan fingerprint density at radius 2 is 1.73 bits per heavy atom. The van der Waals surface area contributed by atoms with Gasteiger partial charge in [-0.15, -0.1) is 0 Å². The quantitative estimate of drug-likeness (QED) is 0.297. The van der Waals surface area contributed by atoms with Gasteiger partial charge in [-0.05, 0) is 59.3 Å². The van der Waals surface area contributed by atoms with Crippen molar-refractivity contribution in [3.63, 3.8) is 0 Å². The second-order valence-electron chi connectivity index (χ2n) is 7.88. The molecule has 1 amide bonds. The number of benzene rings is 3. The van der Waals surface area contributed by atoms with Crippen LogP contribution in [0.3, 0.4) is 0 Å². The van der Waals surface area contributed by atoms with Crippen molar-refractivity contribution in [2.45, 2.75) is 11.8 Å². The Bertz CT molecular complexity index is 1440. The number of hydrogen-bond donors (Lipinski definition) is 1. The predicted molar refractivity (Wildman–Crippen MR) is 141 cm³/mol. The second-order valence-corrected chi connectivity index (χ2v) is 10.6. The first-order chi connectivity index (χ1) is 17.7. The number of ether oxygens (including phenoxy) is 4. The van der Waals surface area contributed by atoms with Crippen LogP contribution in [-0.4, -0.2) is 48.1 Å². The summed E-state index contributed by atoms with van der Waals surface area (Å²) >= 11 is 3.42. The third-order valence-electron chi connectivity index (χ3n) is 5.44. The fraction of sp³-hybridized carbons (Fsp3) is 0.200. The molecule has 1 N–H and O–H groups in total. The number of fused-ring (bicyclic) bond motifs is 1. The summed E-state index contributed by atoms with van der Waals surface area (Å²) in [7, 11) is -1.29. The van der Waals surface area contributed by atoms with Gasteiger partial charge in [-0.3, -0.25) is 9.10 Å². The minimum absolute atomic E-state index is 0.0636. The van der Waals surface area contributed by atoms with Crippen molar-refractivity contribution in [2.24, 2.45) is 5.10 Å². The summed E-state index contributed by atoms with van der Waals surface area (Å²) in [6, 6.07) is 14.5. The average Bonchev–Trinajstić information content (AvgIpc) is 3.34. The highest BCUT2D eigenvalue weighted by atomic mass is 79.9. The second kappa shape index (κ2) is 11.1. The topological polar surface area (TPSA) is 116 Å². The Morgan fingerprint density at radius 3 is 2.41 bits per heavy atom. The third-order valence-corrected chi connectivity index (χ3v) is 7.89. The molecule has 1 aliphatic rings. The van der Waals surface area contributed by atoms with E-state index in [4.69, 9.17) is 18.9 Å². The van der Waals surface area contributed by atoms with Crippen molar-refractivity contribution in [1.82, 2.24) is 5.43 Å². The third kappa shape index (κ3) is 5.81. The molecule has 0 bridgehead atoms. The van der Waals surface area contributed by atoms with Crippen LogP contribution in [0.1, 0.15) is 11.1 Å². The lowest BCUT2D eigenvalue weighted by Crippen LogP contribution is -2.39. The molecule has 0 spiro atoms. The number of rotatable bonds is 9. The molecule has 1 heterocycles. The maximum atomic E-state index is 13.6. The van der Waals surface area contributed by atoms with E-state index in [1.807, 2.05) is 6.92 Å². The van der Waals surface area contributed by atoms with E-state index in [1.165, 1.54) is 38.6 Å². The molecule has 0 radical (unpaired) electrons. The molecule has 0 aromatic heterocycles. The molecular weight excluding hydrogens is 566 g/mol. The maximum absolute atomic E-state index is 13.6. The molecule has 10 nitrogen and oxygen atoms in total. The summed E-state index contributed by atoms with van der Waals surface area (Å²) in [6.45, 7) is 1.49. The minimum atomic E-state index is -4.16. The van der Waals surface area contributed by atoms with Gasteiger partial charge in [-0.2, -0.15) is 5.10 Å². The molecule has 194 valence electrons. The Morgan fingerprint density at radius 1 is 1.05 bits per heavy atom. The van der Waals surface area contributed by atoms with E-state index in [0.717, 1.165) is 9.87 Å². The first kappa shape index (κ1) is 26.3. The lowest BCUT2D eigenvalue weighted by Gasteiger charge is -2.24. The fourth-order valence-corrected chi connectivity index (χ4v) is 5.36. The zero-order valence-electron chi connectivity index (χ0n) is 20.2. The van der Waals surface area contributed by atoms with Crippen LogP contribution in [0.5, 0.6) is 23.0 Å². The van der Waals surface area contributed by atoms with Crippen molar-refractivity contribution in [2.75, 3.05) is 31.9 Å². The number of amides is 1. The van der Waals surface area contributed by atoms with Crippen LogP contribution in [-0.2, 0) is 14.8 Å². The summed E-state index contributed by atoms with van der Waals surface area (Å²) in [5, 5.41) is 3.98. The van der Waals surface area contributed by atoms with Gasteiger partial charge in [0.15, 0.2) is 23.0 Å². The Hall–Kier alpha value is -3.77. The average molecular weight is 590 g/mol. The van der Waals surface area contributed by atoms with E-state index >= 15 is 0 Å². The molecule has 3 aromatic rings. The van der Waals surface area contributed by atoms with Crippen LogP contribution in [0.2, 0.25) is 0 Å². The number of hydrogen-bond acceptors (Lipinski definition) is 8. The van der Waals surface area contributed by atoms with Gasteiger partial charge in [-0.25, -0.2) is 13.8 Å². The Balaban J connectivity index is 1.58. The van der Waals surface area contributed by atoms with Crippen LogP contribution >= 0.6 is 15.9 Å². The summed E-state index contributed by atoms with van der Waals surface area (Å²) in [6.07, 6.45) is 1.42. The molecule has 1 aliphatic heterocycles. The highest BCUT2D eigenvalue weighted by molar-refractivity contribution is 9.10. The Kier molecular flexibility index (Phi) is 7.89. The van der Waals surface area contributed by atoms with Gasteiger partial charge >= 0.3 is 0 Å². The lowest BCUT2D eigenvalue weighted by atomic mass is 10.2. The normalized spacial score (nSPS) is 12.4. The number of aryl methyl sites for hydroxylation is 1. The maximum Gasteiger partial charge on any atom is 0.264 e. The van der Waals surface area contributed by atoms with Crippen molar-refractivity contribution in [3.8, 4) is 23.0 Å². The number of methoxy groups -OCH3 is 2. The van der Waals surface area contributed by atoms with Gasteiger partial charge in [0.1, 0.15) is 6.54 Å². The summed E-state index contributed by atoms with van der Waals surface area (Å²) < 4.78 is 50.1. The molecule has 37 heavy (non-hydrogen) atoms. The zero-order valence-corrected chi connectivity index (χ0v) is 22.6. The van der Waals surface area contributed by atoms with Gasteiger partial charge in [0.2, 0.25) is 6.79 Å². The fourth-order valence-electron chi connectivity index (χ4n) is 3.50. The predicted octanol–water partition coefficient (Wildman–Crippen LogP) is 3.85. The van der Waals surface area contributed by atoms with Crippen molar-refractivity contribution in [1.29, 1.82) is 0 Å². The SMILES string of the molecule is COc1ccc(S(=O)(=O)N(CC(=O)N/N=C\c2cc3c(cc2Br)OCO3)c2ccc(C)cc2)cc1OC. The van der Waals surface area contributed by atoms with Gasteiger partial charge in [0.05, 0.1) is 31.0 Å². The molecule has 0 atom stereocenters. The molecule has 0 saturated carbocycles. The molecule has 0 aliphatic carbocycles. The number of carbonyl (C=O) groups is 1. The van der Waals surface area contributed by atoms with Crippen molar-refractivity contribution in [3.05, 3.63) is 70.2 Å². The number of nitrogens with one attached hydrogen (secondary N) is 1. The minimum Gasteiger partial charge on any atom is -0.493 e. The van der Waals surface area contributed by atoms with Gasteiger partial charge < -0.3 is 18.9 Å². The summed E-state index contributed by atoms with van der Waals surface area (Å²) in [5.74, 6) is 1.14. The van der Waals surface area contributed by atoms with E-state index in [0.29, 0.717) is 33.0 Å². The summed E-state index contributed by atoms with van der Waals surface area (Å²) in [4.78, 5) is 12.8. The number of sulfonamides is 1. The van der Waals surface area contributed by atoms with Crippen LogP contribution < -0.4 is 28.7 Å².